The summed E-state index contributed by atoms with van der Waals surface area (Å²) in [7, 11) is -1.51. The Labute approximate surface area is 68.6 Å². The van der Waals surface area contributed by atoms with E-state index in [4.69, 9.17) is 5.11 Å². The van der Waals surface area contributed by atoms with Gasteiger partial charge in [0.1, 0.15) is 8.07 Å². The Balaban J connectivity index is 4.13. The summed E-state index contributed by atoms with van der Waals surface area (Å²) in [4.78, 5) is 10.1. The van der Waals surface area contributed by atoms with Crippen LogP contribution in [-0.4, -0.2) is 19.1 Å². The van der Waals surface area contributed by atoms with Crippen LogP contribution in [0.4, 0.5) is 0 Å². The fourth-order valence-electron chi connectivity index (χ4n) is 0.910. The second-order valence-corrected chi connectivity index (χ2v) is 7.71. The molecule has 0 aromatic rings. The molecule has 0 fully saturated rings. The minimum Gasteiger partial charge on any atom is -0.472 e. The molecule has 0 saturated carbocycles. The molecule has 0 aliphatic heterocycles. The fourth-order valence-corrected chi connectivity index (χ4v) is 2.73. The van der Waals surface area contributed by atoms with Crippen molar-refractivity contribution in [2.75, 3.05) is 0 Å². The van der Waals surface area contributed by atoms with Crippen molar-refractivity contribution in [3.63, 3.8) is 0 Å². The Morgan fingerprint density at radius 3 is 2.45 bits per heavy atom. The fraction of sp³-hybridized carbons (Fsp3) is 0.625. The molecule has 0 aromatic carbocycles. The SMILES string of the molecule is CCC[Si](C)(C)C#CC(=O)O. The minimum absolute atomic E-state index is 1.01. The molecule has 0 amide bonds. The van der Waals surface area contributed by atoms with Gasteiger partial charge in [-0.1, -0.05) is 26.4 Å². The number of carbonyl (C=O) groups is 1. The third-order valence-electron chi connectivity index (χ3n) is 1.38. The topological polar surface area (TPSA) is 37.3 Å². The van der Waals surface area contributed by atoms with Gasteiger partial charge in [-0.15, -0.1) is 5.54 Å². The van der Waals surface area contributed by atoms with Crippen LogP contribution < -0.4 is 0 Å². The highest BCUT2D eigenvalue weighted by molar-refractivity contribution is 6.85. The first kappa shape index (κ1) is 10.2. The summed E-state index contributed by atoms with van der Waals surface area (Å²) in [6, 6.07) is 1.08. The first-order valence-electron chi connectivity index (χ1n) is 3.74. The molecule has 0 atom stereocenters. The first-order chi connectivity index (χ1) is 4.98. The molecule has 0 saturated heterocycles. The predicted molar refractivity (Wildman–Crippen MR) is 48.0 cm³/mol. The van der Waals surface area contributed by atoms with Crippen LogP contribution in [0.3, 0.4) is 0 Å². The lowest BCUT2D eigenvalue weighted by molar-refractivity contribution is -0.130. The van der Waals surface area contributed by atoms with Crippen molar-refractivity contribution in [2.45, 2.75) is 32.5 Å². The van der Waals surface area contributed by atoms with E-state index in [-0.39, 0.29) is 0 Å². The quantitative estimate of drug-likeness (QED) is 0.506. The summed E-state index contributed by atoms with van der Waals surface area (Å²) in [6.45, 7) is 6.27. The zero-order valence-corrected chi connectivity index (χ0v) is 8.27. The highest BCUT2D eigenvalue weighted by Crippen LogP contribution is 2.09. The number of carboxylic acids is 1. The van der Waals surface area contributed by atoms with Gasteiger partial charge in [-0.25, -0.2) is 4.79 Å². The Bertz CT molecular complexity index is 198. The van der Waals surface area contributed by atoms with Crippen LogP contribution in [0.15, 0.2) is 0 Å². The summed E-state index contributed by atoms with van der Waals surface area (Å²) in [5.41, 5.74) is 2.85. The number of hydrogen-bond donors (Lipinski definition) is 1. The van der Waals surface area contributed by atoms with Crippen LogP contribution in [-0.2, 0) is 4.79 Å². The van der Waals surface area contributed by atoms with E-state index in [2.05, 4.69) is 31.5 Å². The van der Waals surface area contributed by atoms with Crippen LogP contribution in [0, 0.1) is 11.5 Å². The van der Waals surface area contributed by atoms with E-state index in [1.165, 1.54) is 0 Å². The van der Waals surface area contributed by atoms with Gasteiger partial charge in [0, 0.05) is 5.92 Å². The van der Waals surface area contributed by atoms with Crippen molar-refractivity contribution >= 4 is 14.0 Å². The molecule has 0 bridgehead atoms. The zero-order chi connectivity index (χ0) is 8.91. The van der Waals surface area contributed by atoms with Crippen LogP contribution in [0.5, 0.6) is 0 Å². The monoisotopic (exact) mass is 170 g/mol. The second kappa shape index (κ2) is 4.19. The predicted octanol–water partition coefficient (Wildman–Crippen LogP) is 1.73. The van der Waals surface area contributed by atoms with Crippen molar-refractivity contribution in [1.29, 1.82) is 0 Å². The molecular formula is C8H14O2Si. The average Bonchev–Trinajstić information content (AvgIpc) is 1.84. The Morgan fingerprint density at radius 1 is 1.55 bits per heavy atom. The molecule has 0 aliphatic carbocycles. The number of rotatable bonds is 2. The van der Waals surface area contributed by atoms with E-state index in [1.54, 1.807) is 0 Å². The van der Waals surface area contributed by atoms with Crippen molar-refractivity contribution in [3.8, 4) is 11.5 Å². The van der Waals surface area contributed by atoms with Gasteiger partial charge in [0.25, 0.3) is 0 Å². The van der Waals surface area contributed by atoms with Crippen LogP contribution in [0.1, 0.15) is 13.3 Å². The molecule has 0 unspecified atom stereocenters. The lowest BCUT2D eigenvalue weighted by Crippen LogP contribution is -2.22. The molecule has 0 spiro atoms. The lowest BCUT2D eigenvalue weighted by atomic mass is 10.6. The van der Waals surface area contributed by atoms with E-state index in [1.807, 2.05) is 0 Å². The molecule has 2 nitrogen and oxygen atoms in total. The highest BCUT2D eigenvalue weighted by Gasteiger charge is 2.15. The molecule has 3 heteroatoms. The molecule has 0 heterocycles. The molecular weight excluding hydrogens is 156 g/mol. The molecule has 0 aromatic heterocycles. The summed E-state index contributed by atoms with van der Waals surface area (Å²) in [6.07, 6.45) is 1.09. The molecule has 1 N–H and O–H groups in total. The molecule has 62 valence electrons. The Hall–Kier alpha value is -0.753. The van der Waals surface area contributed by atoms with Crippen molar-refractivity contribution in [1.82, 2.24) is 0 Å². The van der Waals surface area contributed by atoms with E-state index >= 15 is 0 Å². The smallest absolute Gasteiger partial charge is 0.381 e. The summed E-state index contributed by atoms with van der Waals surface area (Å²) in [5, 5.41) is 8.29. The largest absolute Gasteiger partial charge is 0.472 e. The lowest BCUT2D eigenvalue weighted by Gasteiger charge is -2.11. The first-order valence-corrected chi connectivity index (χ1v) is 6.95. The minimum atomic E-state index is -1.51. The van der Waals surface area contributed by atoms with E-state index in [0.717, 1.165) is 12.5 Å². The van der Waals surface area contributed by atoms with Crippen LogP contribution in [0.25, 0.3) is 0 Å². The van der Waals surface area contributed by atoms with Gasteiger partial charge in [-0.05, 0) is 6.04 Å². The van der Waals surface area contributed by atoms with E-state index in [9.17, 15) is 4.79 Å². The van der Waals surface area contributed by atoms with Gasteiger partial charge in [0.2, 0.25) is 0 Å². The van der Waals surface area contributed by atoms with Crippen LogP contribution in [0.2, 0.25) is 19.1 Å². The zero-order valence-electron chi connectivity index (χ0n) is 7.27. The second-order valence-electron chi connectivity index (χ2n) is 3.19. The highest BCUT2D eigenvalue weighted by atomic mass is 28.3. The van der Waals surface area contributed by atoms with Gasteiger partial charge in [-0.2, -0.15) is 0 Å². The van der Waals surface area contributed by atoms with Gasteiger partial charge in [0.05, 0.1) is 0 Å². The van der Waals surface area contributed by atoms with E-state index in [0.29, 0.717) is 0 Å². The maximum Gasteiger partial charge on any atom is 0.381 e. The average molecular weight is 170 g/mol. The van der Waals surface area contributed by atoms with Crippen molar-refractivity contribution in [3.05, 3.63) is 0 Å². The maximum absolute atomic E-state index is 10.1. The van der Waals surface area contributed by atoms with Gasteiger partial charge in [-0.3, -0.25) is 0 Å². The Morgan fingerprint density at radius 2 is 2.09 bits per heavy atom. The summed E-state index contributed by atoms with van der Waals surface area (Å²) in [5.74, 6) is 1.19. The van der Waals surface area contributed by atoms with Gasteiger partial charge in [0.15, 0.2) is 0 Å². The molecule has 11 heavy (non-hydrogen) atoms. The third kappa shape index (κ3) is 5.68. The van der Waals surface area contributed by atoms with Crippen LogP contribution >= 0.6 is 0 Å². The molecule has 0 radical (unpaired) electrons. The van der Waals surface area contributed by atoms with Gasteiger partial charge < -0.3 is 5.11 Å². The van der Waals surface area contributed by atoms with Crippen molar-refractivity contribution < 1.29 is 9.90 Å². The molecule has 0 aliphatic rings. The summed E-state index contributed by atoms with van der Waals surface area (Å²) < 4.78 is 0. The van der Waals surface area contributed by atoms with E-state index < -0.39 is 14.0 Å². The Kier molecular flexibility index (Phi) is 3.91. The maximum atomic E-state index is 10.1. The standard InChI is InChI=1S/C8H14O2Si/c1-4-6-11(2,3)7-5-8(9)10/h4,6H2,1-3H3,(H,9,10). The summed E-state index contributed by atoms with van der Waals surface area (Å²) >= 11 is 0. The molecule has 0 rings (SSSR count). The van der Waals surface area contributed by atoms with Gasteiger partial charge >= 0.3 is 5.97 Å². The number of aliphatic carboxylic acids is 1. The third-order valence-corrected chi connectivity index (χ3v) is 3.93. The van der Waals surface area contributed by atoms with Crippen molar-refractivity contribution in [2.24, 2.45) is 0 Å². The normalized spacial score (nSPS) is 10.1. The number of carboxylic acid groups (broad SMARTS) is 1. The number of hydrogen-bond acceptors (Lipinski definition) is 1.